The van der Waals surface area contributed by atoms with Gasteiger partial charge in [0.1, 0.15) is 12.2 Å². The van der Waals surface area contributed by atoms with E-state index in [0.717, 1.165) is 51.4 Å². The van der Waals surface area contributed by atoms with Crippen LogP contribution in [0.4, 0.5) is 4.79 Å². The summed E-state index contributed by atoms with van der Waals surface area (Å²) in [7, 11) is 0. The van der Waals surface area contributed by atoms with Crippen LogP contribution in [-0.2, 0) is 9.47 Å². The molecule has 0 unspecified atom stereocenters. The lowest BCUT2D eigenvalue weighted by atomic mass is 10.2. The van der Waals surface area contributed by atoms with E-state index in [0.29, 0.717) is 11.8 Å². The standard InChI is InChI=1S/C17H22O3/c1-3-5-7-9-13-11-15(13)19-17(18)20-16-12-14(16)10-8-6-4-2/h1-2,13-16H,5-12H2/t13-,14-,15-,16-/m1/s1. The molecule has 0 radical (unpaired) electrons. The molecule has 2 saturated carbocycles. The molecule has 0 aromatic rings. The van der Waals surface area contributed by atoms with Gasteiger partial charge in [0.15, 0.2) is 0 Å². The summed E-state index contributed by atoms with van der Waals surface area (Å²) < 4.78 is 10.6. The lowest BCUT2D eigenvalue weighted by Gasteiger charge is -2.05. The highest BCUT2D eigenvalue weighted by Crippen LogP contribution is 2.41. The molecule has 0 heterocycles. The van der Waals surface area contributed by atoms with Gasteiger partial charge in [0.2, 0.25) is 0 Å². The lowest BCUT2D eigenvalue weighted by Crippen LogP contribution is -2.12. The summed E-state index contributed by atoms with van der Waals surface area (Å²) in [5, 5.41) is 0. The molecule has 0 saturated heterocycles. The fourth-order valence-corrected chi connectivity index (χ4v) is 2.54. The number of hydrogen-bond acceptors (Lipinski definition) is 3. The highest BCUT2D eigenvalue weighted by molar-refractivity contribution is 5.61. The Morgan fingerprint density at radius 1 is 0.950 bits per heavy atom. The van der Waals surface area contributed by atoms with Gasteiger partial charge in [-0.1, -0.05) is 0 Å². The van der Waals surface area contributed by atoms with E-state index in [-0.39, 0.29) is 12.2 Å². The summed E-state index contributed by atoms with van der Waals surface area (Å²) in [6, 6.07) is 0. The third-order valence-electron chi connectivity index (χ3n) is 4.00. The predicted octanol–water partition coefficient (Wildman–Crippen LogP) is 3.52. The Bertz CT molecular complexity index is 377. The summed E-state index contributed by atoms with van der Waals surface area (Å²) in [4.78, 5) is 11.6. The minimum absolute atomic E-state index is 0.0546. The van der Waals surface area contributed by atoms with E-state index in [1.807, 2.05) is 0 Å². The van der Waals surface area contributed by atoms with Gasteiger partial charge in [-0.2, -0.15) is 0 Å². The topological polar surface area (TPSA) is 35.5 Å². The fourth-order valence-electron chi connectivity index (χ4n) is 2.54. The van der Waals surface area contributed by atoms with E-state index in [9.17, 15) is 4.79 Å². The van der Waals surface area contributed by atoms with Gasteiger partial charge in [0, 0.05) is 12.8 Å². The van der Waals surface area contributed by atoms with Crippen molar-refractivity contribution in [2.75, 3.05) is 0 Å². The molecule has 0 aliphatic heterocycles. The molecule has 0 N–H and O–H groups in total. The first kappa shape index (κ1) is 14.8. The van der Waals surface area contributed by atoms with E-state index in [4.69, 9.17) is 22.3 Å². The maximum absolute atomic E-state index is 11.6. The molecule has 0 amide bonds. The first-order valence-corrected chi connectivity index (χ1v) is 7.48. The van der Waals surface area contributed by atoms with Crippen LogP contribution in [0.3, 0.4) is 0 Å². The fraction of sp³-hybridized carbons (Fsp3) is 0.706. The van der Waals surface area contributed by atoms with Crippen molar-refractivity contribution in [1.82, 2.24) is 0 Å². The van der Waals surface area contributed by atoms with Gasteiger partial charge in [-0.3, -0.25) is 0 Å². The first-order valence-electron chi connectivity index (χ1n) is 7.48. The van der Waals surface area contributed by atoms with E-state index >= 15 is 0 Å². The van der Waals surface area contributed by atoms with Crippen LogP contribution in [0, 0.1) is 36.5 Å². The molecular formula is C17H22O3. The summed E-state index contributed by atoms with van der Waals surface area (Å²) in [6.07, 6.45) is 17.6. The Labute approximate surface area is 121 Å². The van der Waals surface area contributed by atoms with Crippen LogP contribution in [0.1, 0.15) is 51.4 Å². The molecule has 20 heavy (non-hydrogen) atoms. The number of carbonyl (C=O) groups is 1. The van der Waals surface area contributed by atoms with E-state index in [1.165, 1.54) is 0 Å². The van der Waals surface area contributed by atoms with Crippen LogP contribution in [0.5, 0.6) is 0 Å². The highest BCUT2D eigenvalue weighted by Gasteiger charge is 2.44. The number of terminal acetylenes is 2. The van der Waals surface area contributed by atoms with Crippen molar-refractivity contribution in [2.45, 2.75) is 63.6 Å². The van der Waals surface area contributed by atoms with Crippen molar-refractivity contribution >= 4 is 6.16 Å². The largest absolute Gasteiger partial charge is 0.508 e. The van der Waals surface area contributed by atoms with E-state index in [1.54, 1.807) is 0 Å². The molecule has 0 bridgehead atoms. The van der Waals surface area contributed by atoms with Crippen molar-refractivity contribution in [3.05, 3.63) is 0 Å². The van der Waals surface area contributed by atoms with Crippen LogP contribution < -0.4 is 0 Å². The molecule has 0 aromatic heterocycles. The zero-order valence-corrected chi connectivity index (χ0v) is 11.8. The van der Waals surface area contributed by atoms with Crippen LogP contribution in [-0.4, -0.2) is 18.4 Å². The second kappa shape index (κ2) is 7.25. The molecule has 4 atom stereocenters. The second-order valence-corrected chi connectivity index (χ2v) is 5.75. The maximum atomic E-state index is 11.6. The van der Waals surface area contributed by atoms with Crippen LogP contribution >= 0.6 is 0 Å². The maximum Gasteiger partial charge on any atom is 0.508 e. The van der Waals surface area contributed by atoms with Crippen molar-refractivity contribution in [3.8, 4) is 24.7 Å². The van der Waals surface area contributed by atoms with Gasteiger partial charge in [-0.15, -0.1) is 24.7 Å². The average Bonchev–Trinajstić information content (AvgIpc) is 3.31. The SMILES string of the molecule is C#CCCC[C@@H]1C[C@H]1OC(=O)O[C@@H]1C[C@H]1CCCC#C. The van der Waals surface area contributed by atoms with E-state index in [2.05, 4.69) is 11.8 Å². The molecular weight excluding hydrogens is 252 g/mol. The Kier molecular flexibility index (Phi) is 5.36. The Morgan fingerprint density at radius 3 is 1.80 bits per heavy atom. The summed E-state index contributed by atoms with van der Waals surface area (Å²) in [5.41, 5.74) is 0. The van der Waals surface area contributed by atoms with Crippen LogP contribution in [0.25, 0.3) is 0 Å². The lowest BCUT2D eigenvalue weighted by molar-refractivity contribution is 0.0369. The minimum atomic E-state index is -0.501. The third-order valence-corrected chi connectivity index (χ3v) is 4.00. The van der Waals surface area contributed by atoms with Crippen LogP contribution in [0.15, 0.2) is 0 Å². The quantitative estimate of drug-likeness (QED) is 0.386. The molecule has 2 fully saturated rings. The van der Waals surface area contributed by atoms with Gasteiger partial charge in [-0.05, 0) is 50.4 Å². The Morgan fingerprint density at radius 2 is 1.40 bits per heavy atom. The smallest absolute Gasteiger partial charge is 0.431 e. The van der Waals surface area contributed by atoms with Crippen molar-refractivity contribution in [1.29, 1.82) is 0 Å². The van der Waals surface area contributed by atoms with Gasteiger partial charge in [0.05, 0.1) is 0 Å². The average molecular weight is 274 g/mol. The minimum Gasteiger partial charge on any atom is -0.431 e. The van der Waals surface area contributed by atoms with Crippen molar-refractivity contribution in [3.63, 3.8) is 0 Å². The van der Waals surface area contributed by atoms with E-state index < -0.39 is 6.16 Å². The number of rotatable bonds is 8. The molecule has 2 aliphatic carbocycles. The van der Waals surface area contributed by atoms with Crippen LogP contribution in [0.2, 0.25) is 0 Å². The molecule has 3 heteroatoms. The normalized spacial score (nSPS) is 29.9. The van der Waals surface area contributed by atoms with Gasteiger partial charge in [0.25, 0.3) is 0 Å². The second-order valence-electron chi connectivity index (χ2n) is 5.75. The molecule has 2 rings (SSSR count). The Balaban J connectivity index is 1.51. The molecule has 108 valence electrons. The predicted molar refractivity (Wildman–Crippen MR) is 76.7 cm³/mol. The highest BCUT2D eigenvalue weighted by atomic mass is 16.7. The number of hydrogen-bond donors (Lipinski definition) is 0. The molecule has 2 aliphatic rings. The zero-order valence-electron chi connectivity index (χ0n) is 11.8. The first-order chi connectivity index (χ1) is 9.74. The molecule has 0 aromatic carbocycles. The number of carbonyl (C=O) groups excluding carboxylic acids is 1. The van der Waals surface area contributed by atoms with Crippen molar-refractivity contribution in [2.24, 2.45) is 11.8 Å². The van der Waals surface area contributed by atoms with Gasteiger partial charge < -0.3 is 9.47 Å². The summed E-state index contributed by atoms with van der Waals surface area (Å²) in [6.45, 7) is 0. The van der Waals surface area contributed by atoms with Crippen molar-refractivity contribution < 1.29 is 14.3 Å². The van der Waals surface area contributed by atoms with Gasteiger partial charge in [-0.25, -0.2) is 4.79 Å². The number of ether oxygens (including phenoxy) is 2. The third kappa shape index (κ3) is 4.82. The summed E-state index contributed by atoms with van der Waals surface area (Å²) in [5.74, 6) is 6.22. The monoisotopic (exact) mass is 274 g/mol. The molecule has 0 spiro atoms. The number of unbranched alkanes of at least 4 members (excludes halogenated alkanes) is 2. The Hall–Kier alpha value is -1.61. The zero-order chi connectivity index (χ0) is 14.4. The van der Waals surface area contributed by atoms with Gasteiger partial charge >= 0.3 is 6.16 Å². The molecule has 3 nitrogen and oxygen atoms in total. The summed E-state index contributed by atoms with van der Waals surface area (Å²) >= 11 is 0.